The molecule has 1 amide bonds. The van der Waals surface area contributed by atoms with Gasteiger partial charge in [-0.2, -0.15) is 0 Å². The summed E-state index contributed by atoms with van der Waals surface area (Å²) in [7, 11) is -1.48. The molecule has 0 aliphatic rings. The minimum Gasteiger partial charge on any atom is -0.326 e. The lowest BCUT2D eigenvalue weighted by atomic mass is 10.1. The van der Waals surface area contributed by atoms with Crippen molar-refractivity contribution in [3.05, 3.63) is 59.4 Å². The maximum atomic E-state index is 13.6. The van der Waals surface area contributed by atoms with Crippen molar-refractivity contribution in [1.82, 2.24) is 0 Å². The van der Waals surface area contributed by atoms with E-state index in [2.05, 4.69) is 5.32 Å². The Balaban J connectivity index is 2.11. The lowest BCUT2D eigenvalue weighted by molar-refractivity contribution is -0.115. The van der Waals surface area contributed by atoms with Crippen LogP contribution in [0.2, 0.25) is 0 Å². The second-order valence-corrected chi connectivity index (χ2v) is 5.91. The molecule has 2 aromatic carbocycles. The van der Waals surface area contributed by atoms with Crippen molar-refractivity contribution in [1.29, 1.82) is 0 Å². The number of hydrogen-bond donors (Lipinski definition) is 1. The van der Waals surface area contributed by atoms with Gasteiger partial charge in [-0.3, -0.25) is 9.00 Å². The third-order valence-electron chi connectivity index (χ3n) is 2.88. The molecule has 1 N–H and O–H groups in total. The van der Waals surface area contributed by atoms with E-state index in [1.54, 1.807) is 0 Å². The lowest BCUT2D eigenvalue weighted by Gasteiger charge is -2.08. The fourth-order valence-corrected chi connectivity index (χ4v) is 2.46. The number of hydrogen-bond acceptors (Lipinski definition) is 2. The molecule has 0 aromatic heterocycles. The van der Waals surface area contributed by atoms with E-state index in [1.165, 1.54) is 18.4 Å². The van der Waals surface area contributed by atoms with Gasteiger partial charge in [-0.1, -0.05) is 0 Å². The highest BCUT2D eigenvalue weighted by atomic mass is 32.2. The molecular formula is C15H12F3NO2S. The van der Waals surface area contributed by atoms with E-state index in [4.69, 9.17) is 0 Å². The zero-order valence-electron chi connectivity index (χ0n) is 11.5. The Bertz CT molecular complexity index is 750. The lowest BCUT2D eigenvalue weighted by Crippen LogP contribution is -2.15. The summed E-state index contributed by atoms with van der Waals surface area (Å²) in [5, 5.41) is 2.38. The Kier molecular flexibility index (Phi) is 4.97. The van der Waals surface area contributed by atoms with Gasteiger partial charge in [0, 0.05) is 17.5 Å². The summed E-state index contributed by atoms with van der Waals surface area (Å²) < 4.78 is 51.3. The highest BCUT2D eigenvalue weighted by Gasteiger charge is 2.12. The Labute approximate surface area is 127 Å². The maximum Gasteiger partial charge on any atom is 0.228 e. The molecule has 0 bridgehead atoms. The molecule has 0 aliphatic heterocycles. The van der Waals surface area contributed by atoms with Crippen LogP contribution in [0.15, 0.2) is 41.3 Å². The van der Waals surface area contributed by atoms with Gasteiger partial charge in [0.2, 0.25) is 5.91 Å². The predicted molar refractivity (Wildman–Crippen MR) is 77.4 cm³/mol. The maximum absolute atomic E-state index is 13.6. The number of halogens is 3. The van der Waals surface area contributed by atoms with Crippen LogP contribution in [0.4, 0.5) is 18.9 Å². The third-order valence-corrected chi connectivity index (χ3v) is 3.83. The molecule has 0 aliphatic carbocycles. The number of carbonyl (C=O) groups is 1. The van der Waals surface area contributed by atoms with Crippen LogP contribution in [-0.4, -0.2) is 16.4 Å². The minimum absolute atomic E-state index is 0.0224. The third kappa shape index (κ3) is 3.94. The highest BCUT2D eigenvalue weighted by Crippen LogP contribution is 2.18. The van der Waals surface area contributed by atoms with Crippen molar-refractivity contribution in [2.24, 2.45) is 0 Å². The van der Waals surface area contributed by atoms with Gasteiger partial charge >= 0.3 is 0 Å². The van der Waals surface area contributed by atoms with Crippen molar-refractivity contribution < 1.29 is 22.2 Å². The summed E-state index contributed by atoms with van der Waals surface area (Å²) in [5.74, 6) is -2.67. The molecular weight excluding hydrogens is 315 g/mol. The van der Waals surface area contributed by atoms with Crippen molar-refractivity contribution in [3.8, 4) is 0 Å². The normalized spacial score (nSPS) is 12.0. The summed E-state index contributed by atoms with van der Waals surface area (Å²) in [4.78, 5) is 11.8. The van der Waals surface area contributed by atoms with E-state index < -0.39 is 34.2 Å². The molecule has 0 spiro atoms. The average Bonchev–Trinajstić information content (AvgIpc) is 2.42. The number of nitrogens with one attached hydrogen (secondary N) is 1. The van der Waals surface area contributed by atoms with E-state index in [9.17, 15) is 22.2 Å². The molecule has 2 aromatic rings. The summed E-state index contributed by atoms with van der Waals surface area (Å²) in [5.41, 5.74) is 0.0535. The standard InChI is InChI=1S/C15H12F3NO2S/c1-22(21)14-5-3-11(8-13(14)18)19-15(20)7-9-6-10(16)2-4-12(9)17/h2-6,8H,7H2,1H3,(H,19,20)/t22-/m1/s1. The largest absolute Gasteiger partial charge is 0.326 e. The Hall–Kier alpha value is -2.15. The second kappa shape index (κ2) is 6.74. The van der Waals surface area contributed by atoms with Gasteiger partial charge in [0.25, 0.3) is 0 Å². The molecule has 116 valence electrons. The van der Waals surface area contributed by atoms with Crippen LogP contribution in [-0.2, 0) is 22.0 Å². The molecule has 1 atom stereocenters. The first-order chi connectivity index (χ1) is 10.4. The van der Waals surface area contributed by atoms with E-state index in [0.717, 1.165) is 24.3 Å². The van der Waals surface area contributed by atoms with Gasteiger partial charge in [-0.25, -0.2) is 13.2 Å². The fraction of sp³-hybridized carbons (Fsp3) is 0.133. The van der Waals surface area contributed by atoms with E-state index in [0.29, 0.717) is 0 Å². The first-order valence-electron chi connectivity index (χ1n) is 6.23. The quantitative estimate of drug-likeness (QED) is 0.938. The second-order valence-electron chi connectivity index (χ2n) is 4.56. The van der Waals surface area contributed by atoms with Crippen molar-refractivity contribution in [3.63, 3.8) is 0 Å². The topological polar surface area (TPSA) is 46.2 Å². The van der Waals surface area contributed by atoms with Crippen LogP contribution in [0.3, 0.4) is 0 Å². The molecule has 0 radical (unpaired) electrons. The number of rotatable bonds is 4. The zero-order chi connectivity index (χ0) is 16.3. The fourth-order valence-electron chi connectivity index (χ4n) is 1.87. The molecule has 2 rings (SSSR count). The van der Waals surface area contributed by atoms with E-state index in [1.807, 2.05) is 0 Å². The number of amides is 1. The number of anilines is 1. The van der Waals surface area contributed by atoms with Crippen LogP contribution in [0, 0.1) is 17.5 Å². The monoisotopic (exact) mass is 327 g/mol. The Morgan fingerprint density at radius 3 is 2.45 bits per heavy atom. The summed E-state index contributed by atoms with van der Waals surface area (Å²) in [6.45, 7) is 0. The molecule has 0 fully saturated rings. The first-order valence-corrected chi connectivity index (χ1v) is 7.79. The van der Waals surface area contributed by atoms with Crippen LogP contribution in [0.25, 0.3) is 0 Å². The SMILES string of the molecule is C[S@@](=O)c1ccc(NC(=O)Cc2cc(F)ccc2F)cc1F. The van der Waals surface area contributed by atoms with Gasteiger partial charge < -0.3 is 5.32 Å². The Morgan fingerprint density at radius 2 is 1.82 bits per heavy atom. The summed E-state index contributed by atoms with van der Waals surface area (Å²) in [6.07, 6.45) is 0.954. The molecule has 3 nitrogen and oxygen atoms in total. The highest BCUT2D eigenvalue weighted by molar-refractivity contribution is 7.84. The van der Waals surface area contributed by atoms with Gasteiger partial charge in [-0.15, -0.1) is 0 Å². The van der Waals surface area contributed by atoms with Gasteiger partial charge in [0.15, 0.2) is 0 Å². The van der Waals surface area contributed by atoms with E-state index >= 15 is 0 Å². The predicted octanol–water partition coefficient (Wildman–Crippen LogP) is 3.02. The van der Waals surface area contributed by atoms with Gasteiger partial charge in [0.1, 0.15) is 17.5 Å². The molecule has 7 heteroatoms. The van der Waals surface area contributed by atoms with Crippen LogP contribution < -0.4 is 5.32 Å². The minimum atomic E-state index is -1.48. The van der Waals surface area contributed by atoms with Gasteiger partial charge in [0.05, 0.1) is 22.1 Å². The summed E-state index contributed by atoms with van der Waals surface area (Å²) in [6, 6.07) is 6.53. The number of benzene rings is 2. The Morgan fingerprint density at radius 1 is 1.09 bits per heavy atom. The molecule has 0 unspecified atom stereocenters. The molecule has 0 heterocycles. The average molecular weight is 327 g/mol. The first kappa shape index (κ1) is 16.2. The van der Waals surface area contributed by atoms with Crippen LogP contribution >= 0.6 is 0 Å². The van der Waals surface area contributed by atoms with Gasteiger partial charge in [-0.05, 0) is 36.4 Å². The summed E-state index contributed by atoms with van der Waals surface area (Å²) >= 11 is 0. The van der Waals surface area contributed by atoms with E-state index in [-0.39, 0.29) is 22.6 Å². The smallest absolute Gasteiger partial charge is 0.228 e. The van der Waals surface area contributed by atoms with Crippen molar-refractivity contribution in [2.75, 3.05) is 11.6 Å². The van der Waals surface area contributed by atoms with Crippen LogP contribution in [0.1, 0.15) is 5.56 Å². The molecule has 0 saturated carbocycles. The van der Waals surface area contributed by atoms with Crippen molar-refractivity contribution in [2.45, 2.75) is 11.3 Å². The zero-order valence-corrected chi connectivity index (χ0v) is 12.3. The molecule has 0 saturated heterocycles. The molecule has 22 heavy (non-hydrogen) atoms. The number of carbonyl (C=O) groups excluding carboxylic acids is 1. The van der Waals surface area contributed by atoms with Crippen molar-refractivity contribution >= 4 is 22.4 Å². The van der Waals surface area contributed by atoms with Crippen LogP contribution in [0.5, 0.6) is 0 Å².